The first kappa shape index (κ1) is 16.1. The standard InChI is InChI=1S/C16H18N6OS/c1-11(2)13-9-18-16(24-13)20-15(23)19-14-5-8-22(21-14)10-12-3-6-17-7-4-12/h3-9,11H,10H2,1-2H3,(H2,18,19,20,21,23). The summed E-state index contributed by atoms with van der Waals surface area (Å²) in [5.41, 5.74) is 1.09. The summed E-state index contributed by atoms with van der Waals surface area (Å²) in [6.07, 6.45) is 7.08. The van der Waals surface area contributed by atoms with E-state index >= 15 is 0 Å². The quantitative estimate of drug-likeness (QED) is 0.742. The third-order valence-electron chi connectivity index (χ3n) is 3.29. The largest absolute Gasteiger partial charge is 0.326 e. The molecule has 8 heteroatoms. The zero-order valence-corrected chi connectivity index (χ0v) is 14.2. The third-order valence-corrected chi connectivity index (χ3v) is 4.50. The number of nitrogens with zero attached hydrogens (tertiary/aromatic N) is 4. The van der Waals surface area contributed by atoms with Crippen molar-refractivity contribution in [1.29, 1.82) is 0 Å². The second-order valence-electron chi connectivity index (χ2n) is 5.56. The number of rotatable bonds is 5. The number of anilines is 2. The average molecular weight is 342 g/mol. The Labute approximate surface area is 143 Å². The molecule has 0 saturated carbocycles. The molecule has 3 aromatic rings. The van der Waals surface area contributed by atoms with Gasteiger partial charge < -0.3 is 0 Å². The van der Waals surface area contributed by atoms with Crippen LogP contribution in [0.4, 0.5) is 15.7 Å². The van der Waals surface area contributed by atoms with Gasteiger partial charge in [0.2, 0.25) is 0 Å². The molecule has 7 nitrogen and oxygen atoms in total. The lowest BCUT2D eigenvalue weighted by atomic mass is 10.2. The van der Waals surface area contributed by atoms with E-state index in [-0.39, 0.29) is 6.03 Å². The van der Waals surface area contributed by atoms with E-state index in [1.54, 1.807) is 29.3 Å². The van der Waals surface area contributed by atoms with Gasteiger partial charge in [-0.2, -0.15) is 5.10 Å². The van der Waals surface area contributed by atoms with Gasteiger partial charge >= 0.3 is 6.03 Å². The minimum atomic E-state index is -0.353. The van der Waals surface area contributed by atoms with E-state index in [1.807, 2.05) is 18.3 Å². The molecule has 24 heavy (non-hydrogen) atoms. The molecule has 0 radical (unpaired) electrons. The maximum atomic E-state index is 12.0. The van der Waals surface area contributed by atoms with Crippen molar-refractivity contribution in [2.24, 2.45) is 0 Å². The Kier molecular flexibility index (Phi) is 4.85. The van der Waals surface area contributed by atoms with E-state index in [2.05, 4.69) is 39.5 Å². The maximum Gasteiger partial charge on any atom is 0.326 e. The zero-order chi connectivity index (χ0) is 16.9. The highest BCUT2D eigenvalue weighted by atomic mass is 32.1. The highest BCUT2D eigenvalue weighted by Crippen LogP contribution is 2.25. The molecule has 124 valence electrons. The van der Waals surface area contributed by atoms with E-state index in [0.717, 1.165) is 10.4 Å². The van der Waals surface area contributed by atoms with Crippen molar-refractivity contribution < 1.29 is 4.79 Å². The molecule has 0 aliphatic heterocycles. The predicted molar refractivity (Wildman–Crippen MR) is 94.4 cm³/mol. The molecule has 0 aliphatic carbocycles. The molecule has 3 rings (SSSR count). The summed E-state index contributed by atoms with van der Waals surface area (Å²) in [5.74, 6) is 0.882. The van der Waals surface area contributed by atoms with Gasteiger partial charge in [0.25, 0.3) is 0 Å². The molecule has 0 aliphatic rings. The lowest BCUT2D eigenvalue weighted by Crippen LogP contribution is -2.19. The SMILES string of the molecule is CC(C)c1cnc(NC(=O)Nc2ccn(Cc3ccncc3)n2)s1. The predicted octanol–water partition coefficient (Wildman–Crippen LogP) is 3.55. The monoisotopic (exact) mass is 342 g/mol. The number of urea groups is 1. The van der Waals surface area contributed by atoms with Gasteiger partial charge in [-0.3, -0.25) is 20.3 Å². The third kappa shape index (κ3) is 4.17. The van der Waals surface area contributed by atoms with Gasteiger partial charge in [0, 0.05) is 35.7 Å². The van der Waals surface area contributed by atoms with Crippen LogP contribution in [-0.4, -0.2) is 25.8 Å². The molecule has 3 aromatic heterocycles. The van der Waals surface area contributed by atoms with Crippen molar-refractivity contribution in [3.05, 3.63) is 53.4 Å². The normalized spacial score (nSPS) is 10.8. The summed E-state index contributed by atoms with van der Waals surface area (Å²) in [6.45, 7) is 4.80. The van der Waals surface area contributed by atoms with Crippen molar-refractivity contribution in [2.75, 3.05) is 10.6 Å². The lowest BCUT2D eigenvalue weighted by Gasteiger charge is -2.03. The zero-order valence-electron chi connectivity index (χ0n) is 13.4. The molecule has 0 saturated heterocycles. The molecule has 0 atom stereocenters. The Bertz CT molecular complexity index is 811. The molecular formula is C16H18N6OS. The molecule has 0 spiro atoms. The van der Waals surface area contributed by atoms with Crippen LogP contribution in [0.1, 0.15) is 30.2 Å². The van der Waals surface area contributed by atoms with Crippen LogP contribution in [0.3, 0.4) is 0 Å². The van der Waals surface area contributed by atoms with Crippen molar-refractivity contribution >= 4 is 28.3 Å². The number of hydrogen-bond donors (Lipinski definition) is 2. The first-order valence-electron chi connectivity index (χ1n) is 7.56. The molecular weight excluding hydrogens is 324 g/mol. The van der Waals surface area contributed by atoms with Gasteiger partial charge in [0.1, 0.15) is 0 Å². The number of pyridine rings is 1. The fourth-order valence-corrected chi connectivity index (χ4v) is 2.86. The van der Waals surface area contributed by atoms with Crippen LogP contribution in [0.25, 0.3) is 0 Å². The molecule has 0 aromatic carbocycles. The topological polar surface area (TPSA) is 84.7 Å². The molecule has 3 heterocycles. The molecule has 0 fully saturated rings. The number of thiazole rings is 1. The number of carbonyl (C=O) groups is 1. The number of amides is 2. The minimum Gasteiger partial charge on any atom is -0.291 e. The first-order chi connectivity index (χ1) is 11.6. The van der Waals surface area contributed by atoms with Gasteiger partial charge in [-0.1, -0.05) is 13.8 Å². The highest BCUT2D eigenvalue weighted by molar-refractivity contribution is 7.15. The second-order valence-corrected chi connectivity index (χ2v) is 6.62. The highest BCUT2D eigenvalue weighted by Gasteiger charge is 2.10. The average Bonchev–Trinajstić information content (AvgIpc) is 3.18. The number of carbonyl (C=O) groups excluding carboxylic acids is 1. The summed E-state index contributed by atoms with van der Waals surface area (Å²) in [5, 5.41) is 10.3. The minimum absolute atomic E-state index is 0.353. The van der Waals surface area contributed by atoms with Crippen LogP contribution in [0, 0.1) is 0 Å². The first-order valence-corrected chi connectivity index (χ1v) is 8.38. The van der Waals surface area contributed by atoms with Crippen molar-refractivity contribution in [3.63, 3.8) is 0 Å². The van der Waals surface area contributed by atoms with Crippen molar-refractivity contribution in [3.8, 4) is 0 Å². The van der Waals surface area contributed by atoms with E-state index in [0.29, 0.717) is 23.4 Å². The summed E-state index contributed by atoms with van der Waals surface area (Å²) in [6, 6.07) is 5.25. The Balaban J connectivity index is 1.56. The van der Waals surface area contributed by atoms with Gasteiger partial charge in [0.15, 0.2) is 10.9 Å². The summed E-state index contributed by atoms with van der Waals surface area (Å²) < 4.78 is 1.76. The summed E-state index contributed by atoms with van der Waals surface area (Å²) in [7, 11) is 0. The van der Waals surface area contributed by atoms with Crippen LogP contribution in [-0.2, 0) is 6.54 Å². The fraction of sp³-hybridized carbons (Fsp3) is 0.250. The van der Waals surface area contributed by atoms with E-state index in [4.69, 9.17) is 0 Å². The molecule has 2 amide bonds. The summed E-state index contributed by atoms with van der Waals surface area (Å²) >= 11 is 1.47. The summed E-state index contributed by atoms with van der Waals surface area (Å²) in [4.78, 5) is 21.3. The van der Waals surface area contributed by atoms with E-state index < -0.39 is 0 Å². The van der Waals surface area contributed by atoms with Crippen LogP contribution in [0.5, 0.6) is 0 Å². The van der Waals surface area contributed by atoms with Gasteiger partial charge in [-0.25, -0.2) is 9.78 Å². The molecule has 2 N–H and O–H groups in total. The molecule has 0 unspecified atom stereocenters. The lowest BCUT2D eigenvalue weighted by molar-refractivity contribution is 0.262. The van der Waals surface area contributed by atoms with Gasteiger partial charge in [0.05, 0.1) is 6.54 Å². The van der Waals surface area contributed by atoms with Crippen LogP contribution in [0.2, 0.25) is 0 Å². The smallest absolute Gasteiger partial charge is 0.291 e. The van der Waals surface area contributed by atoms with Crippen LogP contribution >= 0.6 is 11.3 Å². The van der Waals surface area contributed by atoms with Gasteiger partial charge in [-0.05, 0) is 23.6 Å². The second kappa shape index (κ2) is 7.22. The van der Waals surface area contributed by atoms with E-state index in [1.165, 1.54) is 11.3 Å². The van der Waals surface area contributed by atoms with Crippen LogP contribution < -0.4 is 10.6 Å². The Morgan fingerprint density at radius 2 is 2.04 bits per heavy atom. The Morgan fingerprint density at radius 3 is 2.75 bits per heavy atom. The fourth-order valence-electron chi connectivity index (χ4n) is 2.05. The maximum absolute atomic E-state index is 12.0. The number of aromatic nitrogens is 4. The number of hydrogen-bond acceptors (Lipinski definition) is 5. The Morgan fingerprint density at radius 1 is 1.25 bits per heavy atom. The number of nitrogens with one attached hydrogen (secondary N) is 2. The van der Waals surface area contributed by atoms with Crippen molar-refractivity contribution in [2.45, 2.75) is 26.3 Å². The van der Waals surface area contributed by atoms with Gasteiger partial charge in [-0.15, -0.1) is 11.3 Å². The Hall–Kier alpha value is -2.74. The molecule has 0 bridgehead atoms. The van der Waals surface area contributed by atoms with E-state index in [9.17, 15) is 4.79 Å². The van der Waals surface area contributed by atoms with Crippen LogP contribution in [0.15, 0.2) is 43.0 Å². The van der Waals surface area contributed by atoms with Crippen molar-refractivity contribution in [1.82, 2.24) is 19.7 Å².